The summed E-state index contributed by atoms with van der Waals surface area (Å²) in [4.78, 5) is 41.5. The number of fused-ring (bicyclic) bond motifs is 4. The molecule has 5 heterocycles. The summed E-state index contributed by atoms with van der Waals surface area (Å²) in [6.45, 7) is 1.61. The number of ether oxygens (including phenoxy) is 1. The maximum Gasteiger partial charge on any atom is 0.412 e. The zero-order valence-corrected chi connectivity index (χ0v) is 24.7. The van der Waals surface area contributed by atoms with E-state index in [2.05, 4.69) is 36.3 Å². The highest BCUT2D eigenvalue weighted by atomic mass is 16.5. The van der Waals surface area contributed by atoms with Crippen molar-refractivity contribution in [3.8, 4) is 22.8 Å². The number of piperidine rings is 1. The third kappa shape index (κ3) is 4.41. The van der Waals surface area contributed by atoms with Crippen LogP contribution in [0.2, 0.25) is 0 Å². The molecule has 1 saturated heterocycles. The molecule has 5 aromatic rings. The normalized spacial score (nSPS) is 21.0. The predicted molar refractivity (Wildman–Crippen MR) is 167 cm³/mol. The van der Waals surface area contributed by atoms with E-state index in [4.69, 9.17) is 15.7 Å². The average molecular weight is 591 g/mol. The Morgan fingerprint density at radius 2 is 1.91 bits per heavy atom. The molecule has 2 amide bonds. The van der Waals surface area contributed by atoms with Crippen molar-refractivity contribution in [2.75, 3.05) is 19.0 Å². The number of anilines is 1. The second kappa shape index (κ2) is 10.2. The van der Waals surface area contributed by atoms with Gasteiger partial charge in [-0.15, -0.1) is 0 Å². The molecule has 2 bridgehead atoms. The first-order valence-corrected chi connectivity index (χ1v) is 15.2. The number of nitrogens with one attached hydrogen (secondary N) is 1. The number of aryl methyl sites for hydroxylation is 1. The van der Waals surface area contributed by atoms with Gasteiger partial charge in [-0.25, -0.2) is 19.7 Å². The minimum Gasteiger partial charge on any atom is -0.453 e. The van der Waals surface area contributed by atoms with E-state index in [0.717, 1.165) is 70.8 Å². The third-order valence-corrected chi connectivity index (χ3v) is 9.63. The molecule has 1 aliphatic heterocycles. The number of likely N-dealkylation sites (tertiary alicyclic amines) is 1. The lowest BCUT2D eigenvalue weighted by Gasteiger charge is -2.27. The van der Waals surface area contributed by atoms with E-state index in [1.165, 1.54) is 20.0 Å². The number of imidazole rings is 1. The number of methoxy groups -OCH3 is 1. The van der Waals surface area contributed by atoms with Gasteiger partial charge in [0.25, 0.3) is 5.91 Å². The maximum atomic E-state index is 13.5. The number of pyridine rings is 2. The molecular weight excluding hydrogens is 556 g/mol. The molecule has 3 N–H and O–H groups in total. The van der Waals surface area contributed by atoms with Crippen LogP contribution in [0, 0.1) is 11.8 Å². The zero-order chi connectivity index (χ0) is 30.1. The Labute approximate surface area is 254 Å². The van der Waals surface area contributed by atoms with Gasteiger partial charge in [0.15, 0.2) is 5.82 Å². The van der Waals surface area contributed by atoms with Crippen LogP contribution in [0.1, 0.15) is 36.0 Å². The van der Waals surface area contributed by atoms with Gasteiger partial charge < -0.3 is 24.5 Å². The van der Waals surface area contributed by atoms with E-state index in [-0.39, 0.29) is 18.0 Å². The van der Waals surface area contributed by atoms with E-state index in [1.54, 1.807) is 12.3 Å². The van der Waals surface area contributed by atoms with Crippen molar-refractivity contribution in [1.82, 2.24) is 29.0 Å². The standard InChI is InChI=1S/C33H34N8O3/c1-39-25-10-6-20(32(42)41-17-22-7-11-26(41)29(22)34)13-24(25)37-31(39)27-14-19-5-9-23(36-30(19)40(27)16-18-3-4-18)21-8-12-28(35-15-21)38-33(43)44-2/h5-6,8-10,12-15,18,22,26,29H,3-4,7,11,16-17,34H2,1-2H3,(H,35,38,43)/t22?,26?,29-/m1/s1. The molecule has 1 aromatic carbocycles. The fourth-order valence-electron chi connectivity index (χ4n) is 7.00. The molecule has 11 heteroatoms. The molecule has 2 aliphatic carbocycles. The SMILES string of the molecule is COC(=O)Nc1ccc(-c2ccc3cc(-c4nc5cc(C(=O)N6CC7CCC6[C@@H]7N)ccc5n4C)n(CC4CC4)c3n2)cn1. The van der Waals surface area contributed by atoms with Crippen molar-refractivity contribution >= 4 is 39.9 Å². The summed E-state index contributed by atoms with van der Waals surface area (Å²) in [7, 11) is 3.34. The summed E-state index contributed by atoms with van der Waals surface area (Å²) in [5.41, 5.74) is 12.3. The zero-order valence-electron chi connectivity index (χ0n) is 24.7. The Hall–Kier alpha value is -4.77. The number of nitrogens with two attached hydrogens (primary N) is 1. The minimum absolute atomic E-state index is 0.0462. The van der Waals surface area contributed by atoms with Gasteiger partial charge in [0.05, 0.1) is 29.5 Å². The van der Waals surface area contributed by atoms with Gasteiger partial charge in [0, 0.05) is 54.9 Å². The van der Waals surface area contributed by atoms with E-state index in [1.807, 2.05) is 42.3 Å². The number of nitrogens with zero attached hydrogens (tertiary/aromatic N) is 6. The van der Waals surface area contributed by atoms with E-state index < -0.39 is 6.09 Å². The fourth-order valence-corrected chi connectivity index (χ4v) is 7.00. The van der Waals surface area contributed by atoms with Crippen molar-refractivity contribution in [1.29, 1.82) is 0 Å². The van der Waals surface area contributed by atoms with Gasteiger partial charge in [-0.05, 0) is 86.1 Å². The van der Waals surface area contributed by atoms with Crippen LogP contribution in [0.15, 0.2) is 54.7 Å². The van der Waals surface area contributed by atoms with Crippen molar-refractivity contribution in [2.24, 2.45) is 24.6 Å². The number of aromatic nitrogens is 5. The summed E-state index contributed by atoms with van der Waals surface area (Å²) in [5.74, 6) is 2.32. The summed E-state index contributed by atoms with van der Waals surface area (Å²) in [6.07, 6.45) is 5.63. The highest BCUT2D eigenvalue weighted by molar-refractivity contribution is 5.98. The molecule has 3 aliphatic rings. The van der Waals surface area contributed by atoms with Gasteiger partial charge in [0.2, 0.25) is 0 Å². The molecule has 4 aromatic heterocycles. The largest absolute Gasteiger partial charge is 0.453 e. The minimum atomic E-state index is -0.567. The topological polar surface area (TPSA) is 133 Å². The molecule has 44 heavy (non-hydrogen) atoms. The molecule has 0 radical (unpaired) electrons. The van der Waals surface area contributed by atoms with Gasteiger partial charge >= 0.3 is 6.09 Å². The molecule has 2 saturated carbocycles. The lowest BCUT2D eigenvalue weighted by Crippen LogP contribution is -2.41. The Bertz CT molecular complexity index is 1940. The summed E-state index contributed by atoms with van der Waals surface area (Å²) >= 11 is 0. The Morgan fingerprint density at radius 3 is 2.61 bits per heavy atom. The number of hydrogen-bond acceptors (Lipinski definition) is 7. The fraction of sp³-hybridized carbons (Fsp3) is 0.364. The van der Waals surface area contributed by atoms with Crippen molar-refractivity contribution in [2.45, 2.75) is 44.3 Å². The number of rotatable bonds is 6. The monoisotopic (exact) mass is 590 g/mol. The maximum absolute atomic E-state index is 13.5. The van der Waals surface area contributed by atoms with Crippen LogP contribution in [0.3, 0.4) is 0 Å². The lowest BCUT2D eigenvalue weighted by molar-refractivity contribution is 0.0700. The second-order valence-electron chi connectivity index (χ2n) is 12.4. The number of carbonyl (C=O) groups excluding carboxylic acids is 2. The molecular formula is C33H34N8O3. The van der Waals surface area contributed by atoms with Crippen molar-refractivity contribution in [3.05, 3.63) is 60.3 Å². The number of carbonyl (C=O) groups is 2. The van der Waals surface area contributed by atoms with Gasteiger partial charge in [-0.2, -0.15) is 0 Å². The second-order valence-corrected chi connectivity index (χ2v) is 12.4. The summed E-state index contributed by atoms with van der Waals surface area (Å²) in [5, 5.41) is 3.61. The van der Waals surface area contributed by atoms with Crippen LogP contribution in [0.25, 0.3) is 44.8 Å². The van der Waals surface area contributed by atoms with Gasteiger partial charge in [-0.1, -0.05) is 0 Å². The molecule has 3 atom stereocenters. The first kappa shape index (κ1) is 26.8. The van der Waals surface area contributed by atoms with E-state index in [9.17, 15) is 9.59 Å². The average Bonchev–Trinajstić information content (AvgIpc) is 3.45. The number of amides is 2. The number of hydrogen-bond donors (Lipinski definition) is 2. The van der Waals surface area contributed by atoms with Crippen LogP contribution in [0.5, 0.6) is 0 Å². The van der Waals surface area contributed by atoms with Crippen molar-refractivity contribution in [3.63, 3.8) is 0 Å². The molecule has 0 spiro atoms. The highest BCUT2D eigenvalue weighted by Gasteiger charge is 2.46. The molecule has 224 valence electrons. The summed E-state index contributed by atoms with van der Waals surface area (Å²) < 4.78 is 9.04. The predicted octanol–water partition coefficient (Wildman–Crippen LogP) is 4.80. The first-order valence-electron chi connectivity index (χ1n) is 15.2. The van der Waals surface area contributed by atoms with Gasteiger partial charge in [0.1, 0.15) is 11.5 Å². The van der Waals surface area contributed by atoms with Gasteiger partial charge in [-0.3, -0.25) is 10.1 Å². The quantitative estimate of drug-likeness (QED) is 0.290. The molecule has 8 rings (SSSR count). The van der Waals surface area contributed by atoms with Crippen LogP contribution in [-0.4, -0.2) is 66.7 Å². The van der Waals surface area contributed by atoms with E-state index >= 15 is 0 Å². The molecule has 2 unspecified atom stereocenters. The first-order chi connectivity index (χ1) is 21.4. The Balaban J connectivity index is 1.15. The molecule has 3 fully saturated rings. The number of benzene rings is 1. The summed E-state index contributed by atoms with van der Waals surface area (Å²) in [6, 6.07) is 15.9. The Morgan fingerprint density at radius 1 is 1.05 bits per heavy atom. The van der Waals surface area contributed by atoms with Crippen LogP contribution < -0.4 is 11.1 Å². The van der Waals surface area contributed by atoms with Crippen LogP contribution >= 0.6 is 0 Å². The Kier molecular flexibility index (Phi) is 6.19. The lowest BCUT2D eigenvalue weighted by atomic mass is 10.1. The van der Waals surface area contributed by atoms with Crippen LogP contribution in [0.4, 0.5) is 10.6 Å². The smallest absolute Gasteiger partial charge is 0.412 e. The van der Waals surface area contributed by atoms with Crippen molar-refractivity contribution < 1.29 is 14.3 Å². The molecule has 11 nitrogen and oxygen atoms in total. The van der Waals surface area contributed by atoms with E-state index in [0.29, 0.717) is 23.2 Å². The highest BCUT2D eigenvalue weighted by Crippen LogP contribution is 2.39. The van der Waals surface area contributed by atoms with Crippen LogP contribution in [-0.2, 0) is 18.3 Å². The third-order valence-electron chi connectivity index (χ3n) is 9.63.